The van der Waals surface area contributed by atoms with E-state index in [1.807, 2.05) is 31.1 Å². The molecule has 2 N–H and O–H groups in total. The van der Waals surface area contributed by atoms with Crippen molar-refractivity contribution in [3.05, 3.63) is 36.4 Å². The zero-order chi connectivity index (χ0) is 17.2. The van der Waals surface area contributed by atoms with Crippen LogP contribution in [0.5, 0.6) is 0 Å². The largest absolute Gasteiger partial charge is 0.480 e. The zero-order valence-electron chi connectivity index (χ0n) is 13.3. The average molecular weight is 336 g/mol. The van der Waals surface area contributed by atoms with Crippen molar-refractivity contribution >= 4 is 32.5 Å². The third kappa shape index (κ3) is 3.46. The van der Waals surface area contributed by atoms with E-state index < -0.39 is 22.0 Å². The number of carbonyl (C=O) groups is 1. The highest BCUT2D eigenvalue weighted by Gasteiger charge is 2.25. The first kappa shape index (κ1) is 17.2. The quantitative estimate of drug-likeness (QED) is 0.843. The maximum Gasteiger partial charge on any atom is 0.321 e. The Hall–Kier alpha value is -2.12. The Labute approximate surface area is 135 Å². The van der Waals surface area contributed by atoms with Crippen molar-refractivity contribution in [3.8, 4) is 0 Å². The van der Waals surface area contributed by atoms with Crippen LogP contribution in [0.1, 0.15) is 13.3 Å². The predicted molar refractivity (Wildman–Crippen MR) is 90.3 cm³/mol. The molecular weight excluding hydrogens is 316 g/mol. The lowest BCUT2D eigenvalue weighted by Crippen LogP contribution is -2.40. The second-order valence-electron chi connectivity index (χ2n) is 5.44. The molecule has 0 heterocycles. The summed E-state index contributed by atoms with van der Waals surface area (Å²) in [5, 5.41) is 10.4. The number of nitrogens with zero attached hydrogens (tertiary/aromatic N) is 1. The molecule has 0 aliphatic heterocycles. The van der Waals surface area contributed by atoms with E-state index in [0.717, 1.165) is 11.1 Å². The minimum atomic E-state index is -3.94. The third-order valence-electron chi connectivity index (χ3n) is 3.63. The molecule has 0 aliphatic rings. The molecule has 6 nitrogen and oxygen atoms in total. The summed E-state index contributed by atoms with van der Waals surface area (Å²) in [7, 11) is -0.174. The number of fused-ring (bicyclic) bond motifs is 1. The van der Waals surface area contributed by atoms with Crippen molar-refractivity contribution in [3.63, 3.8) is 0 Å². The summed E-state index contributed by atoms with van der Waals surface area (Å²) < 4.78 is 27.5. The van der Waals surface area contributed by atoms with E-state index in [-0.39, 0.29) is 11.3 Å². The van der Waals surface area contributed by atoms with E-state index in [1.54, 1.807) is 25.1 Å². The molecule has 2 rings (SSSR count). The summed E-state index contributed by atoms with van der Waals surface area (Å²) >= 11 is 0. The number of hydrogen-bond donors (Lipinski definition) is 2. The fourth-order valence-corrected chi connectivity index (χ4v) is 3.94. The number of nitrogens with one attached hydrogen (secondary N) is 1. The predicted octanol–water partition coefficient (Wildman–Crippen LogP) is 2.05. The van der Waals surface area contributed by atoms with Crippen LogP contribution >= 0.6 is 0 Å². The fourth-order valence-electron chi connectivity index (χ4n) is 2.45. The number of aliphatic carboxylic acids is 1. The Morgan fingerprint density at radius 1 is 1.17 bits per heavy atom. The van der Waals surface area contributed by atoms with Gasteiger partial charge in [0.25, 0.3) is 0 Å². The van der Waals surface area contributed by atoms with Crippen LogP contribution in [0.25, 0.3) is 10.8 Å². The van der Waals surface area contributed by atoms with Gasteiger partial charge in [-0.2, -0.15) is 4.72 Å². The number of sulfonamides is 1. The molecule has 2 aromatic carbocycles. The summed E-state index contributed by atoms with van der Waals surface area (Å²) in [6.45, 7) is 1.62. The molecule has 0 aliphatic carbocycles. The van der Waals surface area contributed by atoms with Crippen molar-refractivity contribution in [2.45, 2.75) is 24.3 Å². The number of benzene rings is 2. The van der Waals surface area contributed by atoms with E-state index in [9.17, 15) is 13.2 Å². The Bertz CT molecular complexity index is 831. The zero-order valence-corrected chi connectivity index (χ0v) is 14.1. The molecule has 0 radical (unpaired) electrons. The Morgan fingerprint density at radius 2 is 1.78 bits per heavy atom. The monoisotopic (exact) mass is 336 g/mol. The fraction of sp³-hybridized carbons (Fsp3) is 0.312. The van der Waals surface area contributed by atoms with E-state index in [1.165, 1.54) is 6.07 Å². The summed E-state index contributed by atoms with van der Waals surface area (Å²) in [6, 6.07) is 9.25. The molecule has 0 amide bonds. The lowest BCUT2D eigenvalue weighted by molar-refractivity contribution is -0.139. The van der Waals surface area contributed by atoms with Gasteiger partial charge in [0.2, 0.25) is 10.0 Å². The topological polar surface area (TPSA) is 86.7 Å². The summed E-state index contributed by atoms with van der Waals surface area (Å²) in [5.41, 5.74) is 0.893. The summed E-state index contributed by atoms with van der Waals surface area (Å²) in [6.07, 6.45) is 0.169. The molecule has 2 aromatic rings. The number of anilines is 1. The van der Waals surface area contributed by atoms with Gasteiger partial charge < -0.3 is 10.0 Å². The molecule has 0 saturated heterocycles. The van der Waals surface area contributed by atoms with Crippen LogP contribution in [-0.2, 0) is 14.8 Å². The maximum absolute atomic E-state index is 12.6. The van der Waals surface area contributed by atoms with Crippen molar-refractivity contribution < 1.29 is 18.3 Å². The van der Waals surface area contributed by atoms with Crippen LogP contribution in [0, 0.1) is 0 Å². The molecular formula is C16H20N2O4S. The van der Waals surface area contributed by atoms with Gasteiger partial charge in [-0.1, -0.05) is 31.2 Å². The molecule has 23 heavy (non-hydrogen) atoms. The highest BCUT2D eigenvalue weighted by atomic mass is 32.2. The van der Waals surface area contributed by atoms with Gasteiger partial charge in [0, 0.05) is 30.6 Å². The molecule has 0 unspecified atom stereocenters. The lowest BCUT2D eigenvalue weighted by atomic mass is 10.1. The summed E-state index contributed by atoms with van der Waals surface area (Å²) in [4.78, 5) is 13.1. The number of carboxylic acids is 1. The molecule has 1 atom stereocenters. The smallest absolute Gasteiger partial charge is 0.321 e. The number of carboxylic acid groups (broad SMARTS) is 1. The highest BCUT2D eigenvalue weighted by Crippen LogP contribution is 2.30. The first-order valence-electron chi connectivity index (χ1n) is 7.22. The van der Waals surface area contributed by atoms with Gasteiger partial charge in [-0.25, -0.2) is 8.42 Å². The maximum atomic E-state index is 12.6. The Morgan fingerprint density at radius 3 is 2.35 bits per heavy atom. The van der Waals surface area contributed by atoms with Gasteiger partial charge in [-0.15, -0.1) is 0 Å². The molecule has 0 aromatic heterocycles. The standard InChI is InChI=1S/C16H20N2O4S/c1-4-13(16(19)20)17-23(21,22)15-10-6-7-11-12(15)8-5-9-14(11)18(2)3/h5-10,13,17H,4H2,1-3H3,(H,19,20)/t13-/m1/s1. The normalized spacial score (nSPS) is 13.0. The van der Waals surface area contributed by atoms with Gasteiger partial charge in [0.1, 0.15) is 6.04 Å². The minimum Gasteiger partial charge on any atom is -0.480 e. The van der Waals surface area contributed by atoms with Crippen LogP contribution in [0.4, 0.5) is 5.69 Å². The van der Waals surface area contributed by atoms with E-state index >= 15 is 0 Å². The van der Waals surface area contributed by atoms with Crippen LogP contribution < -0.4 is 9.62 Å². The van der Waals surface area contributed by atoms with Gasteiger partial charge in [0.15, 0.2) is 0 Å². The van der Waals surface area contributed by atoms with Gasteiger partial charge in [-0.05, 0) is 18.6 Å². The van der Waals surface area contributed by atoms with Crippen LogP contribution in [0.2, 0.25) is 0 Å². The molecule has 0 saturated carbocycles. The van der Waals surface area contributed by atoms with Gasteiger partial charge >= 0.3 is 5.97 Å². The van der Waals surface area contributed by atoms with E-state index in [2.05, 4.69) is 4.72 Å². The number of hydrogen-bond acceptors (Lipinski definition) is 4. The van der Waals surface area contributed by atoms with Crippen LogP contribution in [0.15, 0.2) is 41.3 Å². The first-order chi connectivity index (χ1) is 10.8. The van der Waals surface area contributed by atoms with Crippen LogP contribution in [-0.4, -0.2) is 39.6 Å². The second kappa shape index (κ2) is 6.55. The van der Waals surface area contributed by atoms with Crippen molar-refractivity contribution in [1.82, 2.24) is 4.72 Å². The molecule has 0 fully saturated rings. The summed E-state index contributed by atoms with van der Waals surface area (Å²) in [5.74, 6) is -1.19. The van der Waals surface area contributed by atoms with E-state index in [0.29, 0.717) is 5.39 Å². The van der Waals surface area contributed by atoms with Crippen molar-refractivity contribution in [2.24, 2.45) is 0 Å². The van der Waals surface area contributed by atoms with E-state index in [4.69, 9.17) is 5.11 Å². The number of rotatable bonds is 6. The highest BCUT2D eigenvalue weighted by molar-refractivity contribution is 7.89. The van der Waals surface area contributed by atoms with Crippen LogP contribution in [0.3, 0.4) is 0 Å². The van der Waals surface area contributed by atoms with Gasteiger partial charge in [0.05, 0.1) is 4.90 Å². The molecule has 7 heteroatoms. The molecule has 0 bridgehead atoms. The van der Waals surface area contributed by atoms with Gasteiger partial charge in [-0.3, -0.25) is 4.79 Å². The third-order valence-corrected chi connectivity index (χ3v) is 5.16. The minimum absolute atomic E-state index is 0.0819. The first-order valence-corrected chi connectivity index (χ1v) is 8.70. The molecule has 124 valence electrons. The average Bonchev–Trinajstić information content (AvgIpc) is 2.50. The molecule has 0 spiro atoms. The van der Waals surface area contributed by atoms with Crippen molar-refractivity contribution in [1.29, 1.82) is 0 Å². The van der Waals surface area contributed by atoms with Crippen molar-refractivity contribution in [2.75, 3.05) is 19.0 Å². The second-order valence-corrected chi connectivity index (χ2v) is 7.13. The SMILES string of the molecule is CC[C@@H](NS(=O)(=O)c1cccc2c(N(C)C)cccc12)C(=O)O. The Kier molecular flexibility index (Phi) is 4.91. The lowest BCUT2D eigenvalue weighted by Gasteiger charge is -2.18. The Balaban J connectivity index is 2.59.